The minimum absolute atomic E-state index is 0.251. The normalized spacial score (nSPS) is 22.8. The van der Waals surface area contributed by atoms with Crippen molar-refractivity contribution in [2.75, 3.05) is 0 Å². The topological polar surface area (TPSA) is 29.5 Å². The number of hydrogen-bond donors (Lipinski definition) is 1. The molecule has 2 atom stereocenters. The molecule has 1 aromatic rings. The van der Waals surface area contributed by atoms with Crippen molar-refractivity contribution in [2.45, 2.75) is 64.8 Å². The second kappa shape index (κ2) is 7.85. The summed E-state index contributed by atoms with van der Waals surface area (Å²) in [7, 11) is -0.620. The first-order chi connectivity index (χ1) is 9.69. The second-order valence-corrected chi connectivity index (χ2v) is 6.10. The molecule has 1 aliphatic carbocycles. The first-order valence-corrected chi connectivity index (χ1v) is 8.10. The van der Waals surface area contributed by atoms with E-state index in [1.54, 1.807) is 0 Å². The van der Waals surface area contributed by atoms with Gasteiger partial charge >= 0.3 is 7.12 Å². The molecule has 0 aliphatic heterocycles. The molecule has 2 nitrogen and oxygen atoms in total. The van der Waals surface area contributed by atoms with Gasteiger partial charge in [-0.2, -0.15) is 0 Å². The molecule has 2 rings (SSSR count). The summed E-state index contributed by atoms with van der Waals surface area (Å²) in [4.78, 5) is 0. The van der Waals surface area contributed by atoms with E-state index in [0.29, 0.717) is 12.2 Å². The van der Waals surface area contributed by atoms with Gasteiger partial charge in [0.2, 0.25) is 0 Å². The Hall–Kier alpha value is -0.795. The van der Waals surface area contributed by atoms with Crippen LogP contribution in [0.5, 0.6) is 0 Å². The molecule has 1 aromatic carbocycles. The molecule has 1 aliphatic rings. The Balaban J connectivity index is 1.77. The summed E-state index contributed by atoms with van der Waals surface area (Å²) < 4.78 is 5.84. The van der Waals surface area contributed by atoms with Crippen LogP contribution in [0.25, 0.3) is 0 Å². The molecular weight excluding hydrogens is 247 g/mol. The summed E-state index contributed by atoms with van der Waals surface area (Å²) >= 11 is 0. The number of rotatable bonds is 6. The van der Waals surface area contributed by atoms with Gasteiger partial charge in [0, 0.05) is 6.10 Å². The van der Waals surface area contributed by atoms with E-state index >= 15 is 0 Å². The fourth-order valence-electron chi connectivity index (χ4n) is 3.05. The lowest BCUT2D eigenvalue weighted by Crippen LogP contribution is -2.33. The van der Waals surface area contributed by atoms with Crippen molar-refractivity contribution < 1.29 is 9.68 Å². The van der Waals surface area contributed by atoms with E-state index in [1.807, 2.05) is 0 Å². The van der Waals surface area contributed by atoms with Crippen LogP contribution in [0.2, 0.25) is 6.32 Å². The summed E-state index contributed by atoms with van der Waals surface area (Å²) in [5.41, 5.74) is 2.66. The first-order valence-electron chi connectivity index (χ1n) is 8.10. The summed E-state index contributed by atoms with van der Waals surface area (Å²) in [6.45, 7) is 4.41. The van der Waals surface area contributed by atoms with E-state index < -0.39 is 7.12 Å². The lowest BCUT2D eigenvalue weighted by molar-refractivity contribution is 0.0805. The number of aryl methyl sites for hydroxylation is 2. The van der Waals surface area contributed by atoms with Crippen molar-refractivity contribution in [1.82, 2.24) is 0 Å². The maximum absolute atomic E-state index is 10.1. The summed E-state index contributed by atoms with van der Waals surface area (Å²) in [5, 5.41) is 10.1. The molecule has 1 N–H and O–H groups in total. The van der Waals surface area contributed by atoms with E-state index in [-0.39, 0.29) is 6.10 Å². The fraction of sp³-hybridized carbons (Fsp3) is 0.647. The lowest BCUT2D eigenvalue weighted by Gasteiger charge is -2.30. The zero-order chi connectivity index (χ0) is 14.4. The largest absolute Gasteiger partial charge is 0.454 e. The molecule has 20 heavy (non-hydrogen) atoms. The van der Waals surface area contributed by atoms with E-state index in [0.717, 1.165) is 19.3 Å². The van der Waals surface area contributed by atoms with Crippen LogP contribution in [0.1, 0.15) is 50.7 Å². The van der Waals surface area contributed by atoms with Gasteiger partial charge in [0.1, 0.15) is 0 Å². The molecule has 0 saturated heterocycles. The first kappa shape index (κ1) is 15.6. The zero-order valence-electron chi connectivity index (χ0n) is 12.8. The van der Waals surface area contributed by atoms with Crippen LogP contribution >= 0.6 is 0 Å². The Morgan fingerprint density at radius 2 is 2.00 bits per heavy atom. The Labute approximate surface area is 123 Å². The van der Waals surface area contributed by atoms with Crippen LogP contribution in [-0.4, -0.2) is 18.2 Å². The van der Waals surface area contributed by atoms with Crippen LogP contribution in [-0.2, 0) is 17.5 Å². The van der Waals surface area contributed by atoms with E-state index in [9.17, 15) is 5.02 Å². The molecule has 0 bridgehead atoms. The molecule has 0 aromatic heterocycles. The average Bonchev–Trinajstić information content (AvgIpc) is 2.48. The van der Waals surface area contributed by atoms with Crippen molar-refractivity contribution in [3.05, 3.63) is 35.4 Å². The summed E-state index contributed by atoms with van der Waals surface area (Å²) in [5.74, 6) is 0.585. The van der Waals surface area contributed by atoms with Gasteiger partial charge in [-0.1, -0.05) is 51.0 Å². The van der Waals surface area contributed by atoms with Gasteiger partial charge in [0.25, 0.3) is 0 Å². The Bertz CT molecular complexity index is 408. The van der Waals surface area contributed by atoms with Gasteiger partial charge in [-0.15, -0.1) is 0 Å². The van der Waals surface area contributed by atoms with Crippen LogP contribution in [0.4, 0.5) is 0 Å². The maximum Gasteiger partial charge on any atom is 0.454 e. The quantitative estimate of drug-likeness (QED) is 0.798. The summed E-state index contributed by atoms with van der Waals surface area (Å²) in [6, 6.07) is 8.62. The van der Waals surface area contributed by atoms with Crippen molar-refractivity contribution >= 4 is 7.12 Å². The van der Waals surface area contributed by atoms with E-state index in [2.05, 4.69) is 38.1 Å². The standard InChI is InChI=1S/C17H27BO2/c1-3-15-8-6-9-16(13-15)11-12-18(19)20-17-10-5-4-7-14(17)2/h6,8-9,13-14,17,19H,3-5,7,10-12H2,1-2H3. The molecule has 1 fully saturated rings. The molecule has 0 heterocycles. The SMILES string of the molecule is CCc1cccc(CCB(O)OC2CCCCC2C)c1. The molecule has 0 amide bonds. The van der Waals surface area contributed by atoms with E-state index in [4.69, 9.17) is 4.65 Å². The molecular formula is C17H27BO2. The highest BCUT2D eigenvalue weighted by molar-refractivity contribution is 6.42. The van der Waals surface area contributed by atoms with Gasteiger partial charge in [-0.05, 0) is 49.0 Å². The zero-order valence-corrected chi connectivity index (χ0v) is 12.8. The highest BCUT2D eigenvalue weighted by Crippen LogP contribution is 2.27. The number of benzene rings is 1. The van der Waals surface area contributed by atoms with Crippen molar-refractivity contribution in [1.29, 1.82) is 0 Å². The Morgan fingerprint density at radius 3 is 2.75 bits per heavy atom. The predicted molar refractivity (Wildman–Crippen MR) is 84.8 cm³/mol. The molecule has 1 saturated carbocycles. The third-order valence-electron chi connectivity index (χ3n) is 4.44. The Morgan fingerprint density at radius 1 is 1.25 bits per heavy atom. The fourth-order valence-corrected chi connectivity index (χ4v) is 3.05. The molecule has 0 radical (unpaired) electrons. The second-order valence-electron chi connectivity index (χ2n) is 6.10. The summed E-state index contributed by atoms with van der Waals surface area (Å²) in [6.07, 6.45) is 7.76. The Kier molecular flexibility index (Phi) is 6.12. The van der Waals surface area contributed by atoms with Crippen LogP contribution in [0, 0.1) is 5.92 Å². The van der Waals surface area contributed by atoms with Crippen LogP contribution in [0.15, 0.2) is 24.3 Å². The monoisotopic (exact) mass is 274 g/mol. The third kappa shape index (κ3) is 4.64. The minimum Gasteiger partial charge on any atom is -0.427 e. The molecule has 2 unspecified atom stereocenters. The van der Waals surface area contributed by atoms with Gasteiger partial charge in [0.15, 0.2) is 0 Å². The van der Waals surface area contributed by atoms with Gasteiger partial charge in [-0.25, -0.2) is 0 Å². The smallest absolute Gasteiger partial charge is 0.427 e. The lowest BCUT2D eigenvalue weighted by atomic mass is 9.79. The number of hydrogen-bond acceptors (Lipinski definition) is 2. The third-order valence-corrected chi connectivity index (χ3v) is 4.44. The molecule has 3 heteroatoms. The van der Waals surface area contributed by atoms with Crippen LogP contribution in [0.3, 0.4) is 0 Å². The minimum atomic E-state index is -0.620. The van der Waals surface area contributed by atoms with E-state index in [1.165, 1.54) is 30.4 Å². The van der Waals surface area contributed by atoms with Gasteiger partial charge in [-0.3, -0.25) is 0 Å². The van der Waals surface area contributed by atoms with Crippen molar-refractivity contribution in [2.24, 2.45) is 5.92 Å². The van der Waals surface area contributed by atoms with Crippen molar-refractivity contribution in [3.63, 3.8) is 0 Å². The maximum atomic E-state index is 10.1. The highest BCUT2D eigenvalue weighted by atomic mass is 16.5. The van der Waals surface area contributed by atoms with Crippen LogP contribution < -0.4 is 0 Å². The van der Waals surface area contributed by atoms with Gasteiger partial charge < -0.3 is 9.68 Å². The van der Waals surface area contributed by atoms with Gasteiger partial charge in [0.05, 0.1) is 0 Å². The highest BCUT2D eigenvalue weighted by Gasteiger charge is 2.26. The average molecular weight is 274 g/mol. The molecule has 0 spiro atoms. The van der Waals surface area contributed by atoms with Crippen molar-refractivity contribution in [3.8, 4) is 0 Å². The predicted octanol–water partition coefficient (Wildman–Crippen LogP) is 3.87. The molecule has 110 valence electrons.